The van der Waals surface area contributed by atoms with Gasteiger partial charge in [0.15, 0.2) is 5.69 Å². The minimum atomic E-state index is -0.258. The van der Waals surface area contributed by atoms with Crippen LogP contribution in [0, 0.1) is 0 Å². The summed E-state index contributed by atoms with van der Waals surface area (Å²) in [5.74, 6) is 0.364. The molecule has 1 aliphatic rings. The van der Waals surface area contributed by atoms with Gasteiger partial charge in [0.25, 0.3) is 5.91 Å². The number of hydrogen-bond donors (Lipinski definition) is 2. The molecule has 1 amide bonds. The van der Waals surface area contributed by atoms with Crippen molar-refractivity contribution in [2.75, 3.05) is 12.4 Å². The van der Waals surface area contributed by atoms with Crippen LogP contribution in [-0.4, -0.2) is 23.2 Å². The molecule has 0 radical (unpaired) electrons. The summed E-state index contributed by atoms with van der Waals surface area (Å²) in [6.45, 7) is 0. The van der Waals surface area contributed by atoms with Gasteiger partial charge >= 0.3 is 0 Å². The van der Waals surface area contributed by atoms with E-state index in [4.69, 9.17) is 23.2 Å². The first kappa shape index (κ1) is 15.1. The van der Waals surface area contributed by atoms with E-state index in [0.717, 1.165) is 24.0 Å². The third-order valence-corrected chi connectivity index (χ3v) is 4.58. The van der Waals surface area contributed by atoms with Crippen LogP contribution >= 0.6 is 23.2 Å². The molecule has 0 spiro atoms. The summed E-state index contributed by atoms with van der Waals surface area (Å²) < 4.78 is 0. The number of fused-ring (bicyclic) bond motifs is 1. The minimum Gasteiger partial charge on any atom is -0.362 e. The predicted molar refractivity (Wildman–Crippen MR) is 86.6 cm³/mol. The minimum absolute atomic E-state index is 0.116. The number of carbonyl (C=O) groups excluding carboxylic acids is 1. The van der Waals surface area contributed by atoms with Gasteiger partial charge in [-0.15, -0.1) is 10.2 Å². The van der Waals surface area contributed by atoms with Gasteiger partial charge in [-0.2, -0.15) is 0 Å². The average Bonchev–Trinajstić information content (AvgIpc) is 2.94. The monoisotopic (exact) mass is 336 g/mol. The molecule has 1 heterocycles. The number of anilines is 1. The first-order valence-corrected chi connectivity index (χ1v) is 7.65. The van der Waals surface area contributed by atoms with Crippen molar-refractivity contribution in [3.05, 3.63) is 51.1 Å². The Morgan fingerprint density at radius 2 is 2.05 bits per heavy atom. The fourth-order valence-electron chi connectivity index (χ4n) is 2.62. The molecular formula is C15H14Cl2N4O. The topological polar surface area (TPSA) is 66.9 Å². The van der Waals surface area contributed by atoms with E-state index >= 15 is 0 Å². The van der Waals surface area contributed by atoms with Gasteiger partial charge in [-0.3, -0.25) is 4.79 Å². The van der Waals surface area contributed by atoms with Crippen LogP contribution in [0.5, 0.6) is 0 Å². The molecule has 0 aliphatic heterocycles. The standard InChI is InChI=1S/C15H14Cl2N4O/c1-18-15(22)12-6-7-13(21-20-12)19-11-5-3-9-8(11)2-4-10(16)14(9)17/h2,4,6-7,11H,3,5H2,1H3,(H,18,22)(H,19,21). The number of hydrogen-bond acceptors (Lipinski definition) is 4. The molecule has 7 heteroatoms. The Labute approximate surface area is 138 Å². The van der Waals surface area contributed by atoms with E-state index in [1.54, 1.807) is 19.2 Å². The van der Waals surface area contributed by atoms with Crippen LogP contribution in [0.25, 0.3) is 0 Å². The summed E-state index contributed by atoms with van der Waals surface area (Å²) in [6.07, 6.45) is 1.78. The Bertz CT molecular complexity index is 718. The highest BCUT2D eigenvalue weighted by Gasteiger charge is 2.25. The number of nitrogens with one attached hydrogen (secondary N) is 2. The number of halogens is 2. The second-order valence-corrected chi connectivity index (χ2v) is 5.83. The van der Waals surface area contributed by atoms with Crippen molar-refractivity contribution < 1.29 is 4.79 Å². The van der Waals surface area contributed by atoms with Crippen molar-refractivity contribution in [2.45, 2.75) is 18.9 Å². The van der Waals surface area contributed by atoms with Gasteiger partial charge in [0, 0.05) is 7.05 Å². The Balaban J connectivity index is 1.79. The van der Waals surface area contributed by atoms with Gasteiger partial charge in [-0.1, -0.05) is 29.3 Å². The Hall–Kier alpha value is -1.85. The zero-order valence-electron chi connectivity index (χ0n) is 11.9. The predicted octanol–water partition coefficient (Wildman–Crippen LogP) is 3.24. The van der Waals surface area contributed by atoms with Gasteiger partial charge in [-0.25, -0.2) is 0 Å². The van der Waals surface area contributed by atoms with Crippen molar-refractivity contribution in [3.8, 4) is 0 Å². The maximum atomic E-state index is 11.4. The van der Waals surface area contributed by atoms with Crippen molar-refractivity contribution in [1.29, 1.82) is 0 Å². The number of rotatable bonds is 3. The van der Waals surface area contributed by atoms with E-state index in [1.165, 1.54) is 0 Å². The van der Waals surface area contributed by atoms with Crippen molar-refractivity contribution in [3.63, 3.8) is 0 Å². The fourth-order valence-corrected chi connectivity index (χ4v) is 3.06. The second-order valence-electron chi connectivity index (χ2n) is 5.05. The summed E-state index contributed by atoms with van der Waals surface area (Å²) in [7, 11) is 1.56. The number of amides is 1. The lowest BCUT2D eigenvalue weighted by molar-refractivity contribution is 0.0957. The average molecular weight is 337 g/mol. The highest BCUT2D eigenvalue weighted by Crippen LogP contribution is 2.40. The smallest absolute Gasteiger partial charge is 0.271 e. The summed E-state index contributed by atoms with van der Waals surface area (Å²) >= 11 is 12.3. The van der Waals surface area contributed by atoms with E-state index in [2.05, 4.69) is 20.8 Å². The quantitative estimate of drug-likeness (QED) is 0.902. The molecule has 5 nitrogen and oxygen atoms in total. The molecule has 0 saturated carbocycles. The van der Waals surface area contributed by atoms with E-state index in [1.807, 2.05) is 12.1 Å². The summed E-state index contributed by atoms with van der Waals surface area (Å²) in [4.78, 5) is 11.4. The Morgan fingerprint density at radius 1 is 1.23 bits per heavy atom. The van der Waals surface area contributed by atoms with Crippen molar-refractivity contribution in [2.24, 2.45) is 0 Å². The van der Waals surface area contributed by atoms with E-state index in [9.17, 15) is 4.79 Å². The van der Waals surface area contributed by atoms with Crippen LogP contribution in [0.15, 0.2) is 24.3 Å². The number of nitrogens with zero attached hydrogens (tertiary/aromatic N) is 2. The van der Waals surface area contributed by atoms with Crippen LogP contribution in [0.2, 0.25) is 10.0 Å². The van der Waals surface area contributed by atoms with Crippen LogP contribution in [0.4, 0.5) is 5.82 Å². The highest BCUT2D eigenvalue weighted by molar-refractivity contribution is 6.42. The number of carbonyl (C=O) groups is 1. The van der Waals surface area contributed by atoms with E-state index < -0.39 is 0 Å². The lowest BCUT2D eigenvalue weighted by Gasteiger charge is -2.15. The van der Waals surface area contributed by atoms with Gasteiger partial charge in [0.2, 0.25) is 0 Å². The molecule has 1 unspecified atom stereocenters. The number of benzene rings is 1. The molecule has 1 aliphatic carbocycles. The molecule has 3 rings (SSSR count). The second kappa shape index (κ2) is 6.10. The van der Waals surface area contributed by atoms with Crippen LogP contribution < -0.4 is 10.6 Å². The Morgan fingerprint density at radius 3 is 2.73 bits per heavy atom. The zero-order chi connectivity index (χ0) is 15.7. The molecule has 0 bridgehead atoms. The van der Waals surface area contributed by atoms with Gasteiger partial charge in [0.05, 0.1) is 16.1 Å². The normalized spacial score (nSPS) is 16.2. The number of aromatic nitrogens is 2. The van der Waals surface area contributed by atoms with Crippen LogP contribution in [-0.2, 0) is 6.42 Å². The molecule has 1 atom stereocenters. The van der Waals surface area contributed by atoms with Gasteiger partial charge < -0.3 is 10.6 Å². The third-order valence-electron chi connectivity index (χ3n) is 3.74. The molecule has 1 aromatic heterocycles. The lowest BCUT2D eigenvalue weighted by atomic mass is 10.1. The van der Waals surface area contributed by atoms with Crippen molar-refractivity contribution in [1.82, 2.24) is 15.5 Å². The maximum absolute atomic E-state index is 11.4. The molecule has 0 fully saturated rings. The highest BCUT2D eigenvalue weighted by atomic mass is 35.5. The molecule has 0 saturated heterocycles. The molecule has 1 aromatic carbocycles. The van der Waals surface area contributed by atoms with Crippen LogP contribution in [0.3, 0.4) is 0 Å². The first-order chi connectivity index (χ1) is 10.6. The van der Waals surface area contributed by atoms with Crippen LogP contribution in [0.1, 0.15) is 34.1 Å². The molecule has 2 aromatic rings. The molecular weight excluding hydrogens is 323 g/mol. The van der Waals surface area contributed by atoms with E-state index in [-0.39, 0.29) is 17.6 Å². The lowest BCUT2D eigenvalue weighted by Crippen LogP contribution is -2.20. The fraction of sp³-hybridized carbons (Fsp3) is 0.267. The zero-order valence-corrected chi connectivity index (χ0v) is 13.4. The largest absolute Gasteiger partial charge is 0.362 e. The molecule has 2 N–H and O–H groups in total. The molecule has 22 heavy (non-hydrogen) atoms. The summed E-state index contributed by atoms with van der Waals surface area (Å²) in [6, 6.07) is 7.29. The van der Waals surface area contributed by atoms with Gasteiger partial charge in [0.1, 0.15) is 5.82 Å². The first-order valence-electron chi connectivity index (χ1n) is 6.89. The SMILES string of the molecule is CNC(=O)c1ccc(NC2CCc3c2ccc(Cl)c3Cl)nn1. The third kappa shape index (κ3) is 2.74. The van der Waals surface area contributed by atoms with E-state index in [0.29, 0.717) is 15.9 Å². The van der Waals surface area contributed by atoms with Gasteiger partial charge in [-0.05, 0) is 42.2 Å². The Kier molecular flexibility index (Phi) is 4.18. The summed E-state index contributed by atoms with van der Waals surface area (Å²) in [5, 5.41) is 15.0. The maximum Gasteiger partial charge on any atom is 0.271 e. The summed E-state index contributed by atoms with van der Waals surface area (Å²) in [5.41, 5.74) is 2.50. The molecule has 114 valence electrons. The van der Waals surface area contributed by atoms with Crippen molar-refractivity contribution >= 4 is 34.9 Å².